The van der Waals surface area contributed by atoms with Gasteiger partial charge < -0.3 is 20.5 Å². The summed E-state index contributed by atoms with van der Waals surface area (Å²) in [5.74, 6) is -1.58. The molecule has 0 spiro atoms. The summed E-state index contributed by atoms with van der Waals surface area (Å²) in [7, 11) is 0. The molecule has 3 N–H and O–H groups in total. The lowest BCUT2D eigenvalue weighted by atomic mass is 10.1. The summed E-state index contributed by atoms with van der Waals surface area (Å²) in [6.07, 6.45) is -5.67. The lowest BCUT2D eigenvalue weighted by Gasteiger charge is -2.11. The zero-order valence-electron chi connectivity index (χ0n) is 14.3. The number of nitrogens with one attached hydrogen (secondary N) is 2. The fourth-order valence-electron chi connectivity index (χ4n) is 2.16. The summed E-state index contributed by atoms with van der Waals surface area (Å²) in [5.41, 5.74) is -0.369. The molecule has 0 aliphatic heterocycles. The lowest BCUT2D eigenvalue weighted by molar-refractivity contribution is -0.137. The van der Waals surface area contributed by atoms with Gasteiger partial charge in [-0.2, -0.15) is 13.2 Å². The predicted molar refractivity (Wildman–Crippen MR) is 90.5 cm³/mol. The highest BCUT2D eigenvalue weighted by molar-refractivity contribution is 5.94. The first-order valence-electron chi connectivity index (χ1n) is 8.00. The zero-order chi connectivity index (χ0) is 20.7. The summed E-state index contributed by atoms with van der Waals surface area (Å²) in [5, 5.41) is 12.9. The molecule has 0 aliphatic rings. The van der Waals surface area contributed by atoms with Gasteiger partial charge in [-0.15, -0.1) is 0 Å². The van der Waals surface area contributed by atoms with Crippen molar-refractivity contribution in [2.24, 2.45) is 0 Å². The molecule has 0 fully saturated rings. The number of carboxylic acid groups (broad SMARTS) is 1. The second kappa shape index (κ2) is 9.07. The fourth-order valence-corrected chi connectivity index (χ4v) is 2.16. The Morgan fingerprint density at radius 3 is 2.21 bits per heavy atom. The van der Waals surface area contributed by atoms with Gasteiger partial charge in [0.25, 0.3) is 5.91 Å². The number of rotatable bonds is 7. The Kier molecular flexibility index (Phi) is 6.80. The standard InChI is InChI=1S/C18H16F4N2O4/c19-14-9-12(16(25)23-7-8-24-17(26)27)3-6-15(14)28-10-11-1-4-13(5-2-11)18(20,21)22/h1-6,9,24H,7-8,10H2,(H,23,25)(H,26,27). The molecule has 2 rings (SSSR count). The van der Waals surface area contributed by atoms with Crippen LogP contribution in [0.4, 0.5) is 22.4 Å². The highest BCUT2D eigenvalue weighted by atomic mass is 19.4. The van der Waals surface area contributed by atoms with Gasteiger partial charge in [0.2, 0.25) is 0 Å². The third-order valence-corrected chi connectivity index (χ3v) is 3.56. The van der Waals surface area contributed by atoms with Crippen LogP contribution in [-0.4, -0.2) is 30.2 Å². The summed E-state index contributed by atoms with van der Waals surface area (Å²) in [6.45, 7) is -0.127. The van der Waals surface area contributed by atoms with Crippen molar-refractivity contribution in [3.63, 3.8) is 0 Å². The normalized spacial score (nSPS) is 11.0. The topological polar surface area (TPSA) is 87.7 Å². The number of carbonyl (C=O) groups excluding carboxylic acids is 1. The SMILES string of the molecule is O=C(O)NCCNC(=O)c1ccc(OCc2ccc(C(F)(F)F)cc2)c(F)c1. The molecule has 28 heavy (non-hydrogen) atoms. The van der Waals surface area contributed by atoms with Crippen LogP contribution < -0.4 is 15.4 Å². The molecule has 0 atom stereocenters. The Morgan fingerprint density at radius 1 is 1.00 bits per heavy atom. The van der Waals surface area contributed by atoms with Gasteiger partial charge in [0.05, 0.1) is 5.56 Å². The smallest absolute Gasteiger partial charge is 0.416 e. The zero-order valence-corrected chi connectivity index (χ0v) is 14.3. The van der Waals surface area contributed by atoms with Crippen molar-refractivity contribution in [1.29, 1.82) is 0 Å². The third-order valence-electron chi connectivity index (χ3n) is 3.56. The van der Waals surface area contributed by atoms with Crippen molar-refractivity contribution in [2.75, 3.05) is 13.1 Å². The number of alkyl halides is 3. The van der Waals surface area contributed by atoms with E-state index in [1.165, 1.54) is 24.3 Å². The van der Waals surface area contributed by atoms with Crippen molar-refractivity contribution in [2.45, 2.75) is 12.8 Å². The van der Waals surface area contributed by atoms with Crippen LogP contribution in [0.3, 0.4) is 0 Å². The van der Waals surface area contributed by atoms with Gasteiger partial charge in [0.15, 0.2) is 11.6 Å². The van der Waals surface area contributed by atoms with E-state index in [1.54, 1.807) is 0 Å². The molecule has 0 saturated heterocycles. The molecule has 2 aromatic carbocycles. The average molecular weight is 400 g/mol. The first kappa shape index (κ1) is 21.0. The summed E-state index contributed by atoms with van der Waals surface area (Å²) in [6, 6.07) is 7.75. The quantitative estimate of drug-likeness (QED) is 0.491. The van der Waals surface area contributed by atoms with E-state index in [1.807, 2.05) is 0 Å². The number of benzene rings is 2. The van der Waals surface area contributed by atoms with E-state index in [2.05, 4.69) is 10.6 Å². The molecule has 0 unspecified atom stereocenters. The number of carbonyl (C=O) groups is 2. The number of amides is 2. The first-order chi connectivity index (χ1) is 13.2. The van der Waals surface area contributed by atoms with Crippen LogP contribution in [0.5, 0.6) is 5.75 Å². The van der Waals surface area contributed by atoms with E-state index >= 15 is 0 Å². The summed E-state index contributed by atoms with van der Waals surface area (Å²) in [4.78, 5) is 22.1. The van der Waals surface area contributed by atoms with E-state index in [-0.39, 0.29) is 31.0 Å². The fraction of sp³-hybridized carbons (Fsp3) is 0.222. The first-order valence-corrected chi connectivity index (χ1v) is 8.00. The molecule has 0 saturated carbocycles. The number of halogens is 4. The van der Waals surface area contributed by atoms with Crippen LogP contribution in [0.2, 0.25) is 0 Å². The van der Waals surface area contributed by atoms with Gasteiger partial charge in [-0.3, -0.25) is 4.79 Å². The summed E-state index contributed by atoms with van der Waals surface area (Å²) < 4.78 is 56.9. The minimum Gasteiger partial charge on any atom is -0.486 e. The lowest BCUT2D eigenvalue weighted by Crippen LogP contribution is -2.33. The number of hydrogen-bond acceptors (Lipinski definition) is 3. The minimum atomic E-state index is -4.44. The largest absolute Gasteiger partial charge is 0.486 e. The third kappa shape index (κ3) is 6.15. The molecule has 0 heterocycles. The molecular formula is C18H16F4N2O4. The Balaban J connectivity index is 1.91. The highest BCUT2D eigenvalue weighted by Crippen LogP contribution is 2.29. The van der Waals surface area contributed by atoms with Crippen LogP contribution >= 0.6 is 0 Å². The monoisotopic (exact) mass is 400 g/mol. The molecule has 2 amide bonds. The van der Waals surface area contributed by atoms with E-state index in [4.69, 9.17) is 9.84 Å². The van der Waals surface area contributed by atoms with Gasteiger partial charge in [-0.1, -0.05) is 12.1 Å². The second-order valence-corrected chi connectivity index (χ2v) is 5.62. The maximum absolute atomic E-state index is 14.1. The van der Waals surface area contributed by atoms with Crippen molar-refractivity contribution in [3.05, 3.63) is 65.0 Å². The van der Waals surface area contributed by atoms with Crippen molar-refractivity contribution < 1.29 is 37.0 Å². The van der Waals surface area contributed by atoms with Crippen LogP contribution in [0.15, 0.2) is 42.5 Å². The molecule has 0 aromatic heterocycles. The molecule has 6 nitrogen and oxygen atoms in total. The van der Waals surface area contributed by atoms with Crippen molar-refractivity contribution in [1.82, 2.24) is 10.6 Å². The molecule has 10 heteroatoms. The second-order valence-electron chi connectivity index (χ2n) is 5.62. The van der Waals surface area contributed by atoms with Crippen molar-refractivity contribution >= 4 is 12.0 Å². The molecule has 0 aliphatic carbocycles. The summed E-state index contributed by atoms with van der Waals surface area (Å²) >= 11 is 0. The number of hydrogen-bond donors (Lipinski definition) is 3. The van der Waals surface area contributed by atoms with Crippen molar-refractivity contribution in [3.8, 4) is 5.75 Å². The molecule has 150 valence electrons. The van der Waals surface area contributed by atoms with Gasteiger partial charge in [0, 0.05) is 18.7 Å². The van der Waals surface area contributed by atoms with Gasteiger partial charge in [-0.05, 0) is 35.9 Å². The van der Waals surface area contributed by atoms with E-state index in [0.717, 1.165) is 18.2 Å². The van der Waals surface area contributed by atoms with Gasteiger partial charge in [-0.25, -0.2) is 9.18 Å². The van der Waals surface area contributed by atoms with E-state index in [9.17, 15) is 27.2 Å². The van der Waals surface area contributed by atoms with Crippen LogP contribution in [0, 0.1) is 5.82 Å². The molecule has 0 radical (unpaired) electrons. The molecule has 2 aromatic rings. The Hall–Kier alpha value is -3.30. The van der Waals surface area contributed by atoms with Crippen LogP contribution in [0.25, 0.3) is 0 Å². The maximum Gasteiger partial charge on any atom is 0.416 e. The highest BCUT2D eigenvalue weighted by Gasteiger charge is 2.29. The van der Waals surface area contributed by atoms with E-state index in [0.29, 0.717) is 5.56 Å². The van der Waals surface area contributed by atoms with Crippen LogP contribution in [-0.2, 0) is 12.8 Å². The number of ether oxygens (including phenoxy) is 1. The molecular weight excluding hydrogens is 384 g/mol. The van der Waals surface area contributed by atoms with Crippen LogP contribution in [0.1, 0.15) is 21.5 Å². The predicted octanol–water partition coefficient (Wildman–Crippen LogP) is 3.42. The minimum absolute atomic E-state index is 0.00210. The Labute approximate surface area is 157 Å². The Morgan fingerprint density at radius 2 is 1.64 bits per heavy atom. The van der Waals surface area contributed by atoms with E-state index < -0.39 is 29.6 Å². The van der Waals surface area contributed by atoms with Gasteiger partial charge >= 0.3 is 12.3 Å². The maximum atomic E-state index is 14.1. The molecule has 0 bridgehead atoms. The Bertz CT molecular complexity index is 838. The average Bonchev–Trinajstić information content (AvgIpc) is 2.63. The van der Waals surface area contributed by atoms with Gasteiger partial charge in [0.1, 0.15) is 6.61 Å².